The topological polar surface area (TPSA) is 49.8 Å². The molecule has 0 radical (unpaired) electrons. The van der Waals surface area contributed by atoms with Crippen molar-refractivity contribution in [3.8, 4) is 0 Å². The van der Waals surface area contributed by atoms with Crippen LogP contribution < -0.4 is 10.3 Å². The molecule has 2 heterocycles. The van der Waals surface area contributed by atoms with Gasteiger partial charge in [0, 0.05) is 25.0 Å². The lowest BCUT2D eigenvalue weighted by Gasteiger charge is -2.28. The van der Waals surface area contributed by atoms with E-state index in [0.717, 1.165) is 37.7 Å². The van der Waals surface area contributed by atoms with Crippen LogP contribution in [0.4, 0.5) is 11.5 Å². The largest absolute Gasteiger partial charge is 0.378 e. The SMILES string of the molecule is C(=N\Nc1ccccn1)/c1ccc(N2CCOCC2)cc1. The van der Waals surface area contributed by atoms with Crippen molar-refractivity contribution < 1.29 is 4.74 Å². The molecule has 1 fully saturated rings. The predicted octanol–water partition coefficient (Wildman–Crippen LogP) is 2.36. The fraction of sp³-hybridized carbons (Fsp3) is 0.250. The van der Waals surface area contributed by atoms with E-state index in [4.69, 9.17) is 4.74 Å². The number of nitrogens with one attached hydrogen (secondary N) is 1. The Morgan fingerprint density at radius 2 is 1.90 bits per heavy atom. The molecule has 0 unspecified atom stereocenters. The van der Waals surface area contributed by atoms with Crippen LogP contribution in [0.15, 0.2) is 53.8 Å². The first-order valence-corrected chi connectivity index (χ1v) is 7.05. The molecule has 1 aromatic heterocycles. The minimum atomic E-state index is 0.735. The molecule has 3 rings (SSSR count). The van der Waals surface area contributed by atoms with E-state index in [1.54, 1.807) is 12.4 Å². The van der Waals surface area contributed by atoms with E-state index in [0.29, 0.717) is 0 Å². The first-order valence-electron chi connectivity index (χ1n) is 7.05. The second-order valence-corrected chi connectivity index (χ2v) is 4.78. The van der Waals surface area contributed by atoms with E-state index in [1.807, 2.05) is 18.2 Å². The molecule has 0 bridgehead atoms. The summed E-state index contributed by atoms with van der Waals surface area (Å²) in [5.74, 6) is 0.735. The number of hydrogen-bond acceptors (Lipinski definition) is 5. The third-order valence-electron chi connectivity index (χ3n) is 3.33. The van der Waals surface area contributed by atoms with Crippen LogP contribution in [0.25, 0.3) is 0 Å². The molecule has 1 N–H and O–H groups in total. The number of pyridine rings is 1. The molecule has 1 aliphatic rings. The third kappa shape index (κ3) is 3.79. The summed E-state index contributed by atoms with van der Waals surface area (Å²) in [5.41, 5.74) is 5.18. The zero-order valence-corrected chi connectivity index (χ0v) is 11.8. The number of morpholine rings is 1. The predicted molar refractivity (Wildman–Crippen MR) is 84.9 cm³/mol. The van der Waals surface area contributed by atoms with Gasteiger partial charge in [-0.1, -0.05) is 18.2 Å². The van der Waals surface area contributed by atoms with Gasteiger partial charge in [0.15, 0.2) is 0 Å². The average molecular weight is 282 g/mol. The summed E-state index contributed by atoms with van der Waals surface area (Å²) in [5, 5.41) is 4.18. The van der Waals surface area contributed by atoms with Crippen molar-refractivity contribution in [2.75, 3.05) is 36.6 Å². The van der Waals surface area contributed by atoms with E-state index in [2.05, 4.69) is 44.7 Å². The Balaban J connectivity index is 1.59. The molecular weight excluding hydrogens is 264 g/mol. The molecule has 2 aromatic rings. The highest BCUT2D eigenvalue weighted by Crippen LogP contribution is 2.16. The first-order chi connectivity index (χ1) is 10.4. The number of benzene rings is 1. The Morgan fingerprint density at radius 3 is 2.62 bits per heavy atom. The monoisotopic (exact) mass is 282 g/mol. The smallest absolute Gasteiger partial charge is 0.146 e. The van der Waals surface area contributed by atoms with E-state index in [1.165, 1.54) is 5.69 Å². The molecule has 108 valence electrons. The van der Waals surface area contributed by atoms with Crippen LogP contribution in [-0.2, 0) is 4.74 Å². The number of rotatable bonds is 4. The standard InChI is InChI=1S/C16H18N4O/c1-2-8-17-16(3-1)19-18-13-14-4-6-15(7-5-14)20-9-11-21-12-10-20/h1-8,13H,9-12H2,(H,17,19)/b18-13+. The van der Waals surface area contributed by atoms with Gasteiger partial charge in [-0.05, 0) is 29.8 Å². The Labute approximate surface area is 124 Å². The van der Waals surface area contributed by atoms with Gasteiger partial charge in [0.1, 0.15) is 5.82 Å². The van der Waals surface area contributed by atoms with Crippen molar-refractivity contribution in [3.05, 3.63) is 54.2 Å². The number of hydrogen-bond donors (Lipinski definition) is 1. The second-order valence-electron chi connectivity index (χ2n) is 4.78. The molecule has 0 atom stereocenters. The Bertz CT molecular complexity index is 577. The van der Waals surface area contributed by atoms with E-state index < -0.39 is 0 Å². The summed E-state index contributed by atoms with van der Waals surface area (Å²) in [4.78, 5) is 6.47. The van der Waals surface area contributed by atoms with Crippen LogP contribution in [0, 0.1) is 0 Å². The van der Waals surface area contributed by atoms with Crippen LogP contribution in [0.2, 0.25) is 0 Å². The van der Waals surface area contributed by atoms with Crippen molar-refractivity contribution in [1.29, 1.82) is 0 Å². The van der Waals surface area contributed by atoms with Gasteiger partial charge in [-0.25, -0.2) is 4.98 Å². The maximum atomic E-state index is 5.36. The number of anilines is 2. The fourth-order valence-electron chi connectivity index (χ4n) is 2.19. The van der Waals surface area contributed by atoms with Gasteiger partial charge in [0.25, 0.3) is 0 Å². The van der Waals surface area contributed by atoms with Crippen LogP contribution in [0.1, 0.15) is 5.56 Å². The molecule has 0 aliphatic carbocycles. The second kappa shape index (κ2) is 6.85. The van der Waals surface area contributed by atoms with Crippen molar-refractivity contribution in [1.82, 2.24) is 4.98 Å². The van der Waals surface area contributed by atoms with Crippen LogP contribution in [0.5, 0.6) is 0 Å². The Hall–Kier alpha value is -2.40. The van der Waals surface area contributed by atoms with Gasteiger partial charge in [0.2, 0.25) is 0 Å². The highest BCUT2D eigenvalue weighted by atomic mass is 16.5. The van der Waals surface area contributed by atoms with Gasteiger partial charge in [0.05, 0.1) is 19.4 Å². The molecule has 21 heavy (non-hydrogen) atoms. The lowest BCUT2D eigenvalue weighted by molar-refractivity contribution is 0.122. The van der Waals surface area contributed by atoms with Gasteiger partial charge >= 0.3 is 0 Å². The molecule has 1 aromatic carbocycles. The molecule has 5 heteroatoms. The Morgan fingerprint density at radius 1 is 1.10 bits per heavy atom. The van der Waals surface area contributed by atoms with Crippen molar-refractivity contribution in [3.63, 3.8) is 0 Å². The highest BCUT2D eigenvalue weighted by molar-refractivity contribution is 5.80. The minimum absolute atomic E-state index is 0.735. The summed E-state index contributed by atoms with van der Waals surface area (Å²) in [6.07, 6.45) is 3.52. The van der Waals surface area contributed by atoms with Crippen LogP contribution in [0.3, 0.4) is 0 Å². The van der Waals surface area contributed by atoms with Crippen LogP contribution in [-0.4, -0.2) is 37.5 Å². The lowest BCUT2D eigenvalue weighted by atomic mass is 10.2. The minimum Gasteiger partial charge on any atom is -0.378 e. The molecule has 5 nitrogen and oxygen atoms in total. The fourth-order valence-corrected chi connectivity index (χ4v) is 2.19. The van der Waals surface area contributed by atoms with E-state index in [-0.39, 0.29) is 0 Å². The van der Waals surface area contributed by atoms with Crippen molar-refractivity contribution in [2.24, 2.45) is 5.10 Å². The summed E-state index contributed by atoms with van der Waals surface area (Å²) in [6, 6.07) is 14.0. The Kier molecular flexibility index (Phi) is 4.43. The van der Waals surface area contributed by atoms with Crippen molar-refractivity contribution in [2.45, 2.75) is 0 Å². The maximum Gasteiger partial charge on any atom is 0.146 e. The molecule has 1 aliphatic heterocycles. The summed E-state index contributed by atoms with van der Waals surface area (Å²) < 4.78 is 5.36. The quantitative estimate of drug-likeness (QED) is 0.691. The number of aromatic nitrogens is 1. The van der Waals surface area contributed by atoms with Crippen LogP contribution >= 0.6 is 0 Å². The summed E-state index contributed by atoms with van der Waals surface area (Å²) in [7, 11) is 0. The molecule has 0 amide bonds. The van der Waals surface area contributed by atoms with Gasteiger partial charge in [-0.15, -0.1) is 0 Å². The number of ether oxygens (including phenoxy) is 1. The zero-order chi connectivity index (χ0) is 14.3. The molecule has 0 saturated carbocycles. The zero-order valence-electron chi connectivity index (χ0n) is 11.8. The summed E-state index contributed by atoms with van der Waals surface area (Å²) >= 11 is 0. The van der Waals surface area contributed by atoms with Gasteiger partial charge in [-0.2, -0.15) is 5.10 Å². The number of nitrogens with zero attached hydrogens (tertiary/aromatic N) is 3. The van der Waals surface area contributed by atoms with E-state index in [9.17, 15) is 0 Å². The van der Waals surface area contributed by atoms with Gasteiger partial charge < -0.3 is 9.64 Å². The average Bonchev–Trinajstić information content (AvgIpc) is 2.57. The van der Waals surface area contributed by atoms with E-state index >= 15 is 0 Å². The highest BCUT2D eigenvalue weighted by Gasteiger charge is 2.10. The third-order valence-corrected chi connectivity index (χ3v) is 3.33. The normalized spacial score (nSPS) is 15.3. The first kappa shape index (κ1) is 13.6. The van der Waals surface area contributed by atoms with Crippen molar-refractivity contribution >= 4 is 17.7 Å². The summed E-state index contributed by atoms with van der Waals surface area (Å²) in [6.45, 7) is 3.51. The lowest BCUT2D eigenvalue weighted by Crippen LogP contribution is -2.36. The van der Waals surface area contributed by atoms with Gasteiger partial charge in [-0.3, -0.25) is 5.43 Å². The molecule has 1 saturated heterocycles. The molecular formula is C16H18N4O. The molecule has 0 spiro atoms. The number of hydrazone groups is 1. The maximum absolute atomic E-state index is 5.36.